The van der Waals surface area contributed by atoms with Gasteiger partial charge >= 0.3 is 0 Å². The molecule has 0 amide bonds. The molecule has 0 fully saturated rings. The summed E-state index contributed by atoms with van der Waals surface area (Å²) in [5.74, 6) is 0.153. The molecule has 0 atom stereocenters. The highest BCUT2D eigenvalue weighted by atomic mass is 16.5. The van der Waals surface area contributed by atoms with Crippen LogP contribution in [0, 0.1) is 5.41 Å². The third-order valence-corrected chi connectivity index (χ3v) is 0.592. The molecule has 0 aromatic carbocycles. The minimum Gasteiger partial charge on any atom is -0.481 e. The fourth-order valence-corrected chi connectivity index (χ4v) is 0.174. The van der Waals surface area contributed by atoms with Gasteiger partial charge in [0, 0.05) is 5.57 Å². The molecule has 1 N–H and O–H groups in total. The Bertz CT molecular complexity index is 96.3. The van der Waals surface area contributed by atoms with Gasteiger partial charge in [0.15, 0.2) is 0 Å². The van der Waals surface area contributed by atoms with E-state index in [2.05, 4.69) is 11.3 Å². The van der Waals surface area contributed by atoms with Crippen molar-refractivity contribution in [2.45, 2.75) is 6.92 Å². The lowest BCUT2D eigenvalue weighted by atomic mass is 10.4. The summed E-state index contributed by atoms with van der Waals surface area (Å²) in [5.41, 5.74) is 0.655. The molecule has 0 aliphatic rings. The average molecular weight is 99.1 g/mol. The van der Waals surface area contributed by atoms with Crippen LogP contribution in [-0.4, -0.2) is 13.0 Å². The van der Waals surface area contributed by atoms with Crippen molar-refractivity contribution in [2.24, 2.45) is 0 Å². The first kappa shape index (κ1) is 6.21. The molecular weight excluding hydrogens is 90.1 g/mol. The second kappa shape index (κ2) is 2.39. The molecular formula is C5H9NO. The predicted molar refractivity (Wildman–Crippen MR) is 29.5 cm³/mol. The Morgan fingerprint density at radius 1 is 1.71 bits per heavy atom. The van der Waals surface area contributed by atoms with Crippen molar-refractivity contribution in [3.8, 4) is 0 Å². The van der Waals surface area contributed by atoms with Gasteiger partial charge in [-0.1, -0.05) is 6.58 Å². The van der Waals surface area contributed by atoms with Gasteiger partial charge in [-0.2, -0.15) is 0 Å². The van der Waals surface area contributed by atoms with Crippen LogP contribution in [-0.2, 0) is 4.74 Å². The minimum atomic E-state index is 0.153. The van der Waals surface area contributed by atoms with E-state index in [-0.39, 0.29) is 5.90 Å². The molecule has 0 rings (SSSR count). The van der Waals surface area contributed by atoms with Crippen LogP contribution in [0.5, 0.6) is 0 Å². The summed E-state index contributed by atoms with van der Waals surface area (Å²) in [4.78, 5) is 0. The Balaban J connectivity index is 3.58. The Morgan fingerprint density at radius 2 is 2.14 bits per heavy atom. The number of nitrogens with one attached hydrogen (secondary N) is 1. The molecule has 0 bridgehead atoms. The molecule has 0 aliphatic carbocycles. The molecule has 0 heterocycles. The van der Waals surface area contributed by atoms with Gasteiger partial charge in [0.25, 0.3) is 0 Å². The Kier molecular flexibility index (Phi) is 2.12. The number of ether oxygens (including phenoxy) is 1. The summed E-state index contributed by atoms with van der Waals surface area (Å²) >= 11 is 0. The van der Waals surface area contributed by atoms with Crippen LogP contribution in [0.4, 0.5) is 0 Å². The van der Waals surface area contributed by atoms with E-state index in [9.17, 15) is 0 Å². The Morgan fingerprint density at radius 3 is 2.14 bits per heavy atom. The van der Waals surface area contributed by atoms with Crippen LogP contribution in [0.2, 0.25) is 0 Å². The molecule has 0 aliphatic heterocycles. The van der Waals surface area contributed by atoms with Gasteiger partial charge in [-0.25, -0.2) is 0 Å². The zero-order valence-corrected chi connectivity index (χ0v) is 4.62. The van der Waals surface area contributed by atoms with Gasteiger partial charge in [-0.3, -0.25) is 5.41 Å². The molecule has 40 valence electrons. The largest absolute Gasteiger partial charge is 0.481 e. The summed E-state index contributed by atoms with van der Waals surface area (Å²) in [5, 5.41) is 6.87. The summed E-state index contributed by atoms with van der Waals surface area (Å²) in [6.07, 6.45) is 0. The second-order valence-corrected chi connectivity index (χ2v) is 1.31. The van der Waals surface area contributed by atoms with Gasteiger partial charge in [0.2, 0.25) is 5.90 Å². The van der Waals surface area contributed by atoms with Crippen molar-refractivity contribution in [3.63, 3.8) is 0 Å². The molecule has 0 radical (unpaired) electrons. The topological polar surface area (TPSA) is 33.1 Å². The third kappa shape index (κ3) is 1.98. The van der Waals surface area contributed by atoms with Crippen molar-refractivity contribution >= 4 is 5.90 Å². The van der Waals surface area contributed by atoms with Gasteiger partial charge in [0.05, 0.1) is 7.11 Å². The second-order valence-electron chi connectivity index (χ2n) is 1.31. The van der Waals surface area contributed by atoms with Gasteiger partial charge < -0.3 is 4.74 Å². The molecule has 0 spiro atoms. The Hall–Kier alpha value is -0.790. The van der Waals surface area contributed by atoms with E-state index >= 15 is 0 Å². The molecule has 0 unspecified atom stereocenters. The lowest BCUT2D eigenvalue weighted by Gasteiger charge is -1.96. The number of hydrogen-bond acceptors (Lipinski definition) is 2. The number of methoxy groups -OCH3 is 1. The maximum atomic E-state index is 6.87. The SMILES string of the molecule is C=C(C)C(=N)OC. The van der Waals surface area contributed by atoms with E-state index in [4.69, 9.17) is 5.41 Å². The van der Waals surface area contributed by atoms with E-state index in [0.717, 1.165) is 0 Å². The van der Waals surface area contributed by atoms with Crippen LogP contribution in [0.25, 0.3) is 0 Å². The molecule has 0 aromatic heterocycles. The Labute approximate surface area is 43.3 Å². The van der Waals surface area contributed by atoms with Crippen molar-refractivity contribution < 1.29 is 4.74 Å². The highest BCUT2D eigenvalue weighted by Crippen LogP contribution is 1.87. The molecule has 2 heteroatoms. The van der Waals surface area contributed by atoms with E-state index in [1.165, 1.54) is 7.11 Å². The van der Waals surface area contributed by atoms with Crippen molar-refractivity contribution in [1.82, 2.24) is 0 Å². The quantitative estimate of drug-likeness (QED) is 0.388. The zero-order chi connectivity index (χ0) is 5.86. The molecule has 0 saturated heterocycles. The summed E-state index contributed by atoms with van der Waals surface area (Å²) < 4.78 is 4.50. The van der Waals surface area contributed by atoms with Crippen molar-refractivity contribution in [3.05, 3.63) is 12.2 Å². The van der Waals surface area contributed by atoms with E-state index in [1.807, 2.05) is 0 Å². The molecule has 0 saturated carbocycles. The predicted octanol–water partition coefficient (Wildman–Crippen LogP) is 1.19. The van der Waals surface area contributed by atoms with E-state index in [0.29, 0.717) is 5.57 Å². The van der Waals surface area contributed by atoms with Crippen LogP contribution < -0.4 is 0 Å². The lowest BCUT2D eigenvalue weighted by molar-refractivity contribution is 0.400. The first-order chi connectivity index (χ1) is 3.18. The maximum Gasteiger partial charge on any atom is 0.207 e. The first-order valence-corrected chi connectivity index (χ1v) is 1.97. The van der Waals surface area contributed by atoms with Crippen LogP contribution in [0.1, 0.15) is 6.92 Å². The van der Waals surface area contributed by atoms with E-state index < -0.39 is 0 Å². The first-order valence-electron chi connectivity index (χ1n) is 1.97. The summed E-state index contributed by atoms with van der Waals surface area (Å²) in [7, 11) is 1.46. The molecule has 7 heavy (non-hydrogen) atoms. The highest BCUT2D eigenvalue weighted by Gasteiger charge is 1.89. The lowest BCUT2D eigenvalue weighted by Crippen LogP contribution is -1.97. The van der Waals surface area contributed by atoms with Gasteiger partial charge in [-0.05, 0) is 6.92 Å². The van der Waals surface area contributed by atoms with E-state index in [1.54, 1.807) is 6.92 Å². The number of hydrogen-bond donors (Lipinski definition) is 1. The van der Waals surface area contributed by atoms with Crippen LogP contribution >= 0.6 is 0 Å². The number of rotatable bonds is 1. The zero-order valence-electron chi connectivity index (χ0n) is 4.62. The third-order valence-electron chi connectivity index (χ3n) is 0.592. The normalized spacial score (nSPS) is 7.71. The average Bonchev–Trinajstić information content (AvgIpc) is 1.65. The highest BCUT2D eigenvalue weighted by molar-refractivity contribution is 5.89. The summed E-state index contributed by atoms with van der Waals surface area (Å²) in [6.45, 7) is 5.20. The van der Waals surface area contributed by atoms with Gasteiger partial charge in [0.1, 0.15) is 0 Å². The fourth-order valence-electron chi connectivity index (χ4n) is 0.174. The standard InChI is InChI=1S/C5H9NO/c1-4(2)5(6)7-3/h6H,1H2,2-3H3. The molecule has 0 aromatic rings. The molecule has 2 nitrogen and oxygen atoms in total. The summed E-state index contributed by atoms with van der Waals surface area (Å²) in [6, 6.07) is 0. The monoisotopic (exact) mass is 99.1 g/mol. The maximum absolute atomic E-state index is 6.87. The smallest absolute Gasteiger partial charge is 0.207 e. The van der Waals surface area contributed by atoms with Crippen molar-refractivity contribution in [1.29, 1.82) is 5.41 Å². The van der Waals surface area contributed by atoms with Gasteiger partial charge in [-0.15, -0.1) is 0 Å². The minimum absolute atomic E-state index is 0.153. The van der Waals surface area contributed by atoms with Crippen LogP contribution in [0.15, 0.2) is 12.2 Å². The van der Waals surface area contributed by atoms with Crippen LogP contribution in [0.3, 0.4) is 0 Å². The fraction of sp³-hybridized carbons (Fsp3) is 0.400. The van der Waals surface area contributed by atoms with Crippen molar-refractivity contribution in [2.75, 3.05) is 7.11 Å².